The molecular weight excluding hydrogens is 531 g/mol. The van der Waals surface area contributed by atoms with Gasteiger partial charge in [0, 0.05) is 12.7 Å². The third-order valence-corrected chi connectivity index (χ3v) is 7.04. The van der Waals surface area contributed by atoms with Gasteiger partial charge in [0.15, 0.2) is 5.82 Å². The number of hydrogen-bond acceptors (Lipinski definition) is 7. The lowest BCUT2D eigenvalue weighted by Crippen LogP contribution is -2.31. The number of pyridine rings is 1. The van der Waals surface area contributed by atoms with Crippen molar-refractivity contribution in [3.8, 4) is 0 Å². The fourth-order valence-corrected chi connectivity index (χ4v) is 4.93. The van der Waals surface area contributed by atoms with E-state index in [0.29, 0.717) is 23.4 Å². The number of thiol groups is 1. The molecule has 1 aromatic heterocycles. The summed E-state index contributed by atoms with van der Waals surface area (Å²) in [5.41, 5.74) is 0.0889. The van der Waals surface area contributed by atoms with Crippen LogP contribution >= 0.6 is 11.6 Å². The van der Waals surface area contributed by atoms with Gasteiger partial charge in [-0.1, -0.05) is 54.1 Å². The van der Waals surface area contributed by atoms with Crippen LogP contribution in [0.4, 0.5) is 19.0 Å². The van der Waals surface area contributed by atoms with Gasteiger partial charge in [0.25, 0.3) is 21.0 Å². The Labute approximate surface area is 206 Å². The van der Waals surface area contributed by atoms with Crippen LogP contribution in [-0.4, -0.2) is 28.6 Å². The van der Waals surface area contributed by atoms with E-state index in [9.17, 15) is 30.0 Å². The molecule has 3 aromatic rings. The van der Waals surface area contributed by atoms with Crippen molar-refractivity contribution in [2.45, 2.75) is 24.2 Å². The molecule has 0 atom stereocenters. The lowest BCUT2D eigenvalue weighted by atomic mass is 10.2. The molecule has 188 valence electrons. The van der Waals surface area contributed by atoms with Crippen molar-refractivity contribution >= 4 is 38.4 Å². The van der Waals surface area contributed by atoms with E-state index in [4.69, 9.17) is 11.6 Å². The van der Waals surface area contributed by atoms with Crippen LogP contribution < -0.4 is 9.62 Å². The van der Waals surface area contributed by atoms with Crippen molar-refractivity contribution in [2.75, 3.05) is 11.0 Å². The average molecular weight is 550 g/mol. The minimum absolute atomic E-state index is 0.145. The van der Waals surface area contributed by atoms with Gasteiger partial charge in [-0.25, -0.2) is 26.1 Å². The Balaban J connectivity index is 1.94. The number of hydrogen-bond donors (Lipinski definition) is 2. The summed E-state index contributed by atoms with van der Waals surface area (Å²) in [5.74, 6) is -0.349. The minimum atomic E-state index is -4.70. The van der Waals surface area contributed by atoms with Crippen LogP contribution in [0.15, 0.2) is 71.8 Å². The molecule has 35 heavy (non-hydrogen) atoms. The number of halogens is 4. The Morgan fingerprint density at radius 3 is 2.26 bits per heavy atom. The fraction of sp³-hybridized carbons (Fsp3) is 0.190. The maximum atomic E-state index is 13.5. The van der Waals surface area contributed by atoms with E-state index in [-0.39, 0.29) is 30.5 Å². The van der Waals surface area contributed by atoms with Crippen molar-refractivity contribution in [3.63, 3.8) is 0 Å². The maximum absolute atomic E-state index is 13.5. The monoisotopic (exact) mass is 549 g/mol. The summed E-state index contributed by atoms with van der Waals surface area (Å²) < 4.78 is 92.2. The van der Waals surface area contributed by atoms with Gasteiger partial charge in [0.2, 0.25) is 0 Å². The molecule has 8 nitrogen and oxygen atoms in total. The summed E-state index contributed by atoms with van der Waals surface area (Å²) >= 11 is 6.08. The molecular formula is C21H19ClF3N3O5S2. The molecule has 0 amide bonds. The smallest absolute Gasteiger partial charge is 0.289 e. The SMILES string of the molecule is O=[SH](=O)OCNCc1ccc(S(=O)(=O)N(Cc2ccccc2)c2ncc(C(F)(F)F)cc2Cl)cc1. The van der Waals surface area contributed by atoms with Crippen molar-refractivity contribution in [3.05, 3.63) is 88.6 Å². The van der Waals surface area contributed by atoms with E-state index in [1.807, 2.05) is 0 Å². The van der Waals surface area contributed by atoms with E-state index in [0.717, 1.165) is 4.31 Å². The van der Waals surface area contributed by atoms with Gasteiger partial charge in [0.05, 0.1) is 22.0 Å². The molecule has 0 fully saturated rings. The van der Waals surface area contributed by atoms with Crippen LogP contribution in [0.2, 0.25) is 5.02 Å². The first-order valence-electron chi connectivity index (χ1n) is 9.85. The summed E-state index contributed by atoms with van der Waals surface area (Å²) in [6, 6.07) is 14.7. The second kappa shape index (κ2) is 11.4. The molecule has 0 unspecified atom stereocenters. The second-order valence-corrected chi connectivity index (χ2v) is 10.1. The molecule has 14 heteroatoms. The highest BCUT2D eigenvalue weighted by Gasteiger charge is 2.34. The summed E-state index contributed by atoms with van der Waals surface area (Å²) in [4.78, 5) is 3.59. The average Bonchev–Trinajstić information content (AvgIpc) is 2.81. The van der Waals surface area contributed by atoms with Gasteiger partial charge >= 0.3 is 6.18 Å². The van der Waals surface area contributed by atoms with E-state index in [2.05, 4.69) is 14.5 Å². The molecule has 1 N–H and O–H groups in total. The molecule has 3 rings (SSSR count). The zero-order valence-electron chi connectivity index (χ0n) is 17.8. The molecule has 0 aliphatic carbocycles. The van der Waals surface area contributed by atoms with Gasteiger partial charge in [-0.3, -0.25) is 9.50 Å². The quantitative estimate of drug-likeness (QED) is 0.225. The number of aromatic nitrogens is 1. The van der Waals surface area contributed by atoms with Gasteiger partial charge in [-0.2, -0.15) is 13.2 Å². The lowest BCUT2D eigenvalue weighted by molar-refractivity contribution is -0.137. The highest BCUT2D eigenvalue weighted by atomic mass is 35.5. The van der Waals surface area contributed by atoms with Gasteiger partial charge in [-0.15, -0.1) is 0 Å². The highest BCUT2D eigenvalue weighted by Crippen LogP contribution is 2.35. The first-order valence-corrected chi connectivity index (χ1v) is 12.8. The molecule has 0 aliphatic heterocycles. The first-order chi connectivity index (χ1) is 16.5. The zero-order valence-corrected chi connectivity index (χ0v) is 20.2. The standard InChI is InChI=1S/C21H19ClF3N3O5S2/c22-19-10-17(21(23,24)25)12-27-20(19)28(13-16-4-2-1-3-5-16)35(31,32)18-8-6-15(7-9-18)11-26-14-33-34(29)30/h1-10,12,26,34H,11,13-14H2. The fourth-order valence-electron chi connectivity index (χ4n) is 2.99. The number of alkyl halides is 3. The van der Waals surface area contributed by atoms with Crippen LogP contribution in [0.5, 0.6) is 0 Å². The third-order valence-electron chi connectivity index (χ3n) is 4.67. The summed E-state index contributed by atoms with van der Waals surface area (Å²) in [7, 11) is -7.29. The Morgan fingerprint density at radius 1 is 1.03 bits per heavy atom. The van der Waals surface area contributed by atoms with E-state index in [1.165, 1.54) is 24.3 Å². The van der Waals surface area contributed by atoms with Gasteiger partial charge in [-0.05, 0) is 29.3 Å². The van der Waals surface area contributed by atoms with Crippen LogP contribution in [0.3, 0.4) is 0 Å². The van der Waals surface area contributed by atoms with E-state index in [1.54, 1.807) is 30.3 Å². The molecule has 0 saturated carbocycles. The Hall–Kier alpha value is -2.71. The number of anilines is 1. The topological polar surface area (TPSA) is 106 Å². The normalized spacial score (nSPS) is 12.1. The predicted molar refractivity (Wildman–Crippen MR) is 124 cm³/mol. The van der Waals surface area contributed by atoms with Gasteiger partial charge < -0.3 is 0 Å². The molecule has 0 aliphatic rings. The number of rotatable bonds is 10. The van der Waals surface area contributed by atoms with E-state index >= 15 is 0 Å². The Bertz CT molecular complexity index is 1330. The third kappa shape index (κ3) is 7.15. The number of nitrogens with one attached hydrogen (secondary N) is 1. The second-order valence-electron chi connectivity index (χ2n) is 7.09. The number of nitrogens with zero attached hydrogens (tertiary/aromatic N) is 2. The van der Waals surface area contributed by atoms with Crippen LogP contribution in [-0.2, 0) is 44.5 Å². The molecule has 0 bridgehead atoms. The minimum Gasteiger partial charge on any atom is -0.289 e. The van der Waals surface area contributed by atoms with Crippen molar-refractivity contribution < 1.29 is 34.2 Å². The first kappa shape index (κ1) is 26.9. The van der Waals surface area contributed by atoms with Crippen LogP contribution in [0.25, 0.3) is 0 Å². The lowest BCUT2D eigenvalue weighted by Gasteiger charge is -2.25. The van der Waals surface area contributed by atoms with E-state index < -0.39 is 37.8 Å². The molecule has 1 heterocycles. The number of sulfonamides is 1. The summed E-state index contributed by atoms with van der Waals surface area (Å²) in [5, 5.41) is 2.24. The molecule has 0 spiro atoms. The number of benzene rings is 2. The van der Waals surface area contributed by atoms with Crippen LogP contribution in [0.1, 0.15) is 16.7 Å². The van der Waals surface area contributed by atoms with Crippen LogP contribution in [0, 0.1) is 0 Å². The van der Waals surface area contributed by atoms with Gasteiger partial charge in [0.1, 0.15) is 6.73 Å². The molecule has 0 saturated heterocycles. The summed E-state index contributed by atoms with van der Waals surface area (Å²) in [6.07, 6.45) is -4.17. The Kier molecular flexibility index (Phi) is 8.72. The van der Waals surface area contributed by atoms with Crippen molar-refractivity contribution in [2.24, 2.45) is 0 Å². The Morgan fingerprint density at radius 2 is 1.69 bits per heavy atom. The predicted octanol–water partition coefficient (Wildman–Crippen LogP) is 3.74. The highest BCUT2D eigenvalue weighted by molar-refractivity contribution is 7.92. The van der Waals surface area contributed by atoms with Crippen molar-refractivity contribution in [1.82, 2.24) is 10.3 Å². The molecule has 2 aromatic carbocycles. The van der Waals surface area contributed by atoms with Crippen molar-refractivity contribution in [1.29, 1.82) is 0 Å². The molecule has 0 radical (unpaired) electrons. The largest absolute Gasteiger partial charge is 0.417 e. The maximum Gasteiger partial charge on any atom is 0.417 e. The zero-order chi connectivity index (χ0) is 25.6. The summed E-state index contributed by atoms with van der Waals surface area (Å²) in [6.45, 7) is -0.277.